The Bertz CT molecular complexity index is 535. The van der Waals surface area contributed by atoms with Crippen LogP contribution in [0, 0.1) is 11.8 Å². The van der Waals surface area contributed by atoms with Crippen molar-refractivity contribution in [3.05, 3.63) is 35.9 Å². The number of ether oxygens (including phenoxy) is 2. The summed E-state index contributed by atoms with van der Waals surface area (Å²) in [5.74, 6) is 4.61. The second kappa shape index (κ2) is 8.23. The fourth-order valence-electron chi connectivity index (χ4n) is 1.47. The van der Waals surface area contributed by atoms with E-state index in [9.17, 15) is 9.59 Å². The van der Waals surface area contributed by atoms with E-state index in [1.807, 2.05) is 30.3 Å². The van der Waals surface area contributed by atoms with Gasteiger partial charge in [-0.25, -0.2) is 0 Å². The molecule has 4 heteroatoms. The highest BCUT2D eigenvalue weighted by molar-refractivity contribution is 5.97. The zero-order chi connectivity index (χ0) is 15.7. The molecule has 0 aromatic heterocycles. The highest BCUT2D eigenvalue weighted by Gasteiger charge is 2.15. The van der Waals surface area contributed by atoms with Gasteiger partial charge in [-0.05, 0) is 25.3 Å². The van der Waals surface area contributed by atoms with Crippen molar-refractivity contribution in [3.63, 3.8) is 0 Å². The van der Waals surface area contributed by atoms with Gasteiger partial charge in [-0.15, -0.1) is 0 Å². The summed E-state index contributed by atoms with van der Waals surface area (Å²) < 4.78 is 10.2. The quantitative estimate of drug-likeness (QED) is 0.458. The molecular weight excluding hydrogens is 268 g/mol. The van der Waals surface area contributed by atoms with E-state index in [-0.39, 0.29) is 18.6 Å². The SMILES string of the molecule is COC(=O)CCC(=O)C#CC(C)(C)OCc1ccccc1. The summed E-state index contributed by atoms with van der Waals surface area (Å²) in [4.78, 5) is 22.5. The average Bonchev–Trinajstić information content (AvgIpc) is 2.50. The number of hydrogen-bond donors (Lipinski definition) is 0. The molecule has 0 saturated heterocycles. The lowest BCUT2D eigenvalue weighted by molar-refractivity contribution is -0.141. The first-order valence-electron chi connectivity index (χ1n) is 6.73. The second-order valence-electron chi connectivity index (χ2n) is 5.03. The van der Waals surface area contributed by atoms with E-state index in [0.29, 0.717) is 6.61 Å². The molecule has 0 spiro atoms. The van der Waals surface area contributed by atoms with Crippen LogP contribution >= 0.6 is 0 Å². The van der Waals surface area contributed by atoms with Crippen molar-refractivity contribution in [1.82, 2.24) is 0 Å². The van der Waals surface area contributed by atoms with Gasteiger partial charge in [-0.3, -0.25) is 9.59 Å². The standard InChI is InChI=1S/C17H20O4/c1-17(2,21-13-14-7-5-4-6-8-14)12-11-15(18)9-10-16(19)20-3/h4-8H,9-10,13H2,1-3H3. The summed E-state index contributed by atoms with van der Waals surface area (Å²) >= 11 is 0. The maximum absolute atomic E-state index is 11.5. The molecule has 0 atom stereocenters. The van der Waals surface area contributed by atoms with Crippen molar-refractivity contribution in [3.8, 4) is 11.8 Å². The van der Waals surface area contributed by atoms with Gasteiger partial charge in [-0.2, -0.15) is 0 Å². The molecule has 1 aromatic rings. The molecule has 112 valence electrons. The number of carbonyl (C=O) groups is 2. The Kier molecular flexibility index (Phi) is 6.64. The fraction of sp³-hybridized carbons (Fsp3) is 0.412. The molecule has 0 aliphatic carbocycles. The Morgan fingerprint density at radius 3 is 2.43 bits per heavy atom. The minimum atomic E-state index is -0.725. The minimum absolute atomic E-state index is 0.0509. The predicted octanol–water partition coefficient (Wildman–Crippen LogP) is 2.51. The van der Waals surface area contributed by atoms with E-state index in [2.05, 4.69) is 16.6 Å². The van der Waals surface area contributed by atoms with Crippen molar-refractivity contribution >= 4 is 11.8 Å². The monoisotopic (exact) mass is 288 g/mol. The first-order valence-corrected chi connectivity index (χ1v) is 6.73. The van der Waals surface area contributed by atoms with Gasteiger partial charge in [-0.1, -0.05) is 36.3 Å². The minimum Gasteiger partial charge on any atom is -0.469 e. The lowest BCUT2D eigenvalue weighted by Gasteiger charge is -2.18. The van der Waals surface area contributed by atoms with Crippen molar-refractivity contribution in [1.29, 1.82) is 0 Å². The van der Waals surface area contributed by atoms with Crippen LogP contribution in [0.3, 0.4) is 0 Å². The molecule has 0 fully saturated rings. The summed E-state index contributed by atoms with van der Waals surface area (Å²) in [7, 11) is 1.29. The number of rotatable bonds is 6. The lowest BCUT2D eigenvalue weighted by atomic mass is 10.1. The Labute approximate surface area is 125 Å². The maximum atomic E-state index is 11.5. The van der Waals surface area contributed by atoms with Crippen molar-refractivity contribution in [2.75, 3.05) is 7.11 Å². The molecular formula is C17H20O4. The lowest BCUT2D eigenvalue weighted by Crippen LogP contribution is -2.22. The third-order valence-electron chi connectivity index (χ3n) is 2.73. The topological polar surface area (TPSA) is 52.6 Å². The van der Waals surface area contributed by atoms with E-state index in [4.69, 9.17) is 4.74 Å². The van der Waals surface area contributed by atoms with E-state index >= 15 is 0 Å². The van der Waals surface area contributed by atoms with E-state index in [1.165, 1.54) is 7.11 Å². The molecule has 4 nitrogen and oxygen atoms in total. The molecule has 0 saturated carbocycles. The predicted molar refractivity (Wildman–Crippen MR) is 79.3 cm³/mol. The third kappa shape index (κ3) is 7.28. The summed E-state index contributed by atoms with van der Waals surface area (Å²) in [5.41, 5.74) is 0.320. The Balaban J connectivity index is 2.46. The third-order valence-corrected chi connectivity index (χ3v) is 2.73. The van der Waals surface area contributed by atoms with Crippen LogP contribution in [0.1, 0.15) is 32.3 Å². The van der Waals surface area contributed by atoms with Gasteiger partial charge < -0.3 is 9.47 Å². The largest absolute Gasteiger partial charge is 0.469 e. The van der Waals surface area contributed by atoms with Gasteiger partial charge >= 0.3 is 5.97 Å². The molecule has 0 radical (unpaired) electrons. The summed E-state index contributed by atoms with van der Waals surface area (Å²) in [6.45, 7) is 4.03. The molecule has 0 bridgehead atoms. The Morgan fingerprint density at radius 2 is 1.81 bits per heavy atom. The number of carbonyl (C=O) groups excluding carboxylic acids is 2. The van der Waals surface area contributed by atoms with Gasteiger partial charge in [0, 0.05) is 6.42 Å². The zero-order valence-electron chi connectivity index (χ0n) is 12.6. The molecule has 0 heterocycles. The van der Waals surface area contributed by atoms with E-state index < -0.39 is 11.6 Å². The molecule has 0 amide bonds. The summed E-state index contributed by atoms with van der Waals surface area (Å²) in [6, 6.07) is 9.74. The number of esters is 1. The number of Topliss-reactive ketones (excluding diaryl/α,β-unsaturated/α-hetero) is 1. The van der Waals surface area contributed by atoms with Gasteiger partial charge in [0.15, 0.2) is 0 Å². The van der Waals surface area contributed by atoms with Gasteiger partial charge in [0.05, 0.1) is 20.1 Å². The van der Waals surface area contributed by atoms with Gasteiger partial charge in [0.25, 0.3) is 0 Å². The van der Waals surface area contributed by atoms with Crippen LogP contribution in [0.2, 0.25) is 0 Å². The normalized spacial score (nSPS) is 10.4. The smallest absolute Gasteiger partial charge is 0.305 e. The Hall–Kier alpha value is -2.12. The number of ketones is 1. The van der Waals surface area contributed by atoms with Crippen LogP contribution in [0.5, 0.6) is 0 Å². The van der Waals surface area contributed by atoms with Crippen molar-refractivity contribution in [2.24, 2.45) is 0 Å². The van der Waals surface area contributed by atoms with E-state index in [0.717, 1.165) is 5.56 Å². The van der Waals surface area contributed by atoms with E-state index in [1.54, 1.807) is 13.8 Å². The van der Waals surface area contributed by atoms with Crippen molar-refractivity contribution in [2.45, 2.75) is 38.9 Å². The van der Waals surface area contributed by atoms with Crippen LogP contribution in [0.25, 0.3) is 0 Å². The first-order chi connectivity index (χ1) is 9.93. The average molecular weight is 288 g/mol. The molecule has 21 heavy (non-hydrogen) atoms. The summed E-state index contributed by atoms with van der Waals surface area (Å²) in [6.07, 6.45) is 0.115. The maximum Gasteiger partial charge on any atom is 0.305 e. The first kappa shape index (κ1) is 16.9. The van der Waals surface area contributed by atoms with Crippen LogP contribution in [-0.4, -0.2) is 24.5 Å². The Morgan fingerprint density at radius 1 is 1.14 bits per heavy atom. The van der Waals surface area contributed by atoms with Crippen LogP contribution in [0.4, 0.5) is 0 Å². The van der Waals surface area contributed by atoms with Crippen LogP contribution in [0.15, 0.2) is 30.3 Å². The van der Waals surface area contributed by atoms with Crippen molar-refractivity contribution < 1.29 is 19.1 Å². The molecule has 0 aliphatic rings. The van der Waals surface area contributed by atoms with Gasteiger partial charge in [0.1, 0.15) is 5.60 Å². The summed E-state index contributed by atoms with van der Waals surface area (Å²) in [5, 5.41) is 0. The van der Waals surface area contributed by atoms with Crippen LogP contribution in [-0.2, 0) is 25.7 Å². The highest BCUT2D eigenvalue weighted by atomic mass is 16.5. The molecule has 1 rings (SSSR count). The van der Waals surface area contributed by atoms with Gasteiger partial charge in [0.2, 0.25) is 5.78 Å². The number of benzene rings is 1. The molecule has 0 N–H and O–H groups in total. The molecule has 0 aliphatic heterocycles. The molecule has 0 unspecified atom stereocenters. The fourth-order valence-corrected chi connectivity index (χ4v) is 1.47. The number of hydrogen-bond acceptors (Lipinski definition) is 4. The van der Waals surface area contributed by atoms with Crippen LogP contribution < -0.4 is 0 Å². The highest BCUT2D eigenvalue weighted by Crippen LogP contribution is 2.11. The zero-order valence-corrected chi connectivity index (χ0v) is 12.6. The number of methoxy groups -OCH3 is 1. The second-order valence-corrected chi connectivity index (χ2v) is 5.03. The molecule has 1 aromatic carbocycles.